The number of nitrogens with one attached hydrogen (secondary N) is 2. The van der Waals surface area contributed by atoms with Gasteiger partial charge in [0.05, 0.1) is 27.6 Å². The number of halogens is 2. The molecule has 0 saturated carbocycles. The highest BCUT2D eigenvalue weighted by Crippen LogP contribution is 2.22. The molecule has 6 nitrogen and oxygen atoms in total. The molecular formula is C19H18Cl2N4O2. The van der Waals surface area contributed by atoms with Crippen molar-refractivity contribution in [2.75, 3.05) is 13.1 Å². The number of aryl methyl sites for hydroxylation is 1. The van der Waals surface area contributed by atoms with Crippen LogP contribution >= 0.6 is 23.2 Å². The monoisotopic (exact) mass is 404 g/mol. The number of nitrogens with zero attached hydrogens (tertiary/aromatic N) is 2. The number of amides is 2. The fourth-order valence-corrected chi connectivity index (χ4v) is 3.05. The van der Waals surface area contributed by atoms with E-state index < -0.39 is 0 Å². The van der Waals surface area contributed by atoms with Crippen molar-refractivity contribution in [2.24, 2.45) is 0 Å². The quantitative estimate of drug-likeness (QED) is 0.662. The lowest BCUT2D eigenvalue weighted by Gasteiger charge is -2.10. The molecule has 0 spiro atoms. The number of rotatable bonds is 6. The molecule has 0 aliphatic rings. The number of imidazole rings is 1. The lowest BCUT2D eigenvalue weighted by atomic mass is 10.2. The van der Waals surface area contributed by atoms with Gasteiger partial charge in [-0.2, -0.15) is 0 Å². The number of hydrogen-bond acceptors (Lipinski definition) is 3. The molecule has 0 unspecified atom stereocenters. The molecule has 1 aromatic heterocycles. The van der Waals surface area contributed by atoms with Gasteiger partial charge in [0.2, 0.25) is 5.91 Å². The van der Waals surface area contributed by atoms with Crippen LogP contribution < -0.4 is 10.6 Å². The van der Waals surface area contributed by atoms with Crippen LogP contribution in [0.2, 0.25) is 10.0 Å². The molecule has 3 aromatic rings. The van der Waals surface area contributed by atoms with Gasteiger partial charge in [0.15, 0.2) is 0 Å². The lowest BCUT2D eigenvalue weighted by Crippen LogP contribution is -2.38. The number of carbonyl (C=O) groups is 2. The van der Waals surface area contributed by atoms with Crippen LogP contribution in [-0.2, 0) is 11.3 Å². The van der Waals surface area contributed by atoms with Gasteiger partial charge in [0.1, 0.15) is 5.82 Å². The third-order valence-electron chi connectivity index (χ3n) is 4.09. The molecule has 0 aliphatic heterocycles. The summed E-state index contributed by atoms with van der Waals surface area (Å²) in [5.41, 5.74) is 2.30. The maximum atomic E-state index is 12.1. The molecule has 8 heteroatoms. The molecule has 27 heavy (non-hydrogen) atoms. The van der Waals surface area contributed by atoms with Crippen molar-refractivity contribution in [3.63, 3.8) is 0 Å². The Morgan fingerprint density at radius 3 is 2.63 bits per heavy atom. The number of aromatic nitrogens is 2. The van der Waals surface area contributed by atoms with Crippen LogP contribution in [0.25, 0.3) is 11.0 Å². The van der Waals surface area contributed by atoms with Crippen LogP contribution in [-0.4, -0.2) is 34.5 Å². The molecule has 0 bridgehead atoms. The van der Waals surface area contributed by atoms with E-state index in [1.807, 2.05) is 35.8 Å². The second-order valence-electron chi connectivity index (χ2n) is 5.96. The van der Waals surface area contributed by atoms with Gasteiger partial charge >= 0.3 is 0 Å². The molecule has 0 fully saturated rings. The van der Waals surface area contributed by atoms with E-state index in [9.17, 15) is 9.59 Å². The Kier molecular flexibility index (Phi) is 5.98. The standard InChI is InChI=1S/C19H18Cl2N4O2/c1-12-24-16-4-2-3-5-17(16)25(12)9-8-22-18(26)11-23-19(27)13-6-7-14(20)15(21)10-13/h2-7,10H,8-9,11H2,1H3,(H,22,26)(H,23,27). The summed E-state index contributed by atoms with van der Waals surface area (Å²) in [6.07, 6.45) is 0. The molecule has 0 radical (unpaired) electrons. The first-order chi connectivity index (χ1) is 13.0. The predicted octanol–water partition coefficient (Wildman–Crippen LogP) is 3.20. The van der Waals surface area contributed by atoms with Crippen LogP contribution in [0.3, 0.4) is 0 Å². The predicted molar refractivity (Wildman–Crippen MR) is 106 cm³/mol. The third-order valence-corrected chi connectivity index (χ3v) is 4.83. The summed E-state index contributed by atoms with van der Waals surface area (Å²) in [5.74, 6) is 0.226. The van der Waals surface area contributed by atoms with E-state index in [2.05, 4.69) is 15.6 Å². The lowest BCUT2D eigenvalue weighted by molar-refractivity contribution is -0.120. The number of benzene rings is 2. The van der Waals surface area contributed by atoms with E-state index in [0.29, 0.717) is 23.7 Å². The van der Waals surface area contributed by atoms with Crippen LogP contribution in [0.5, 0.6) is 0 Å². The van der Waals surface area contributed by atoms with E-state index in [1.165, 1.54) is 12.1 Å². The Balaban J connectivity index is 1.49. The molecule has 0 saturated heterocycles. The molecule has 1 heterocycles. The zero-order chi connectivity index (χ0) is 19.4. The molecular weight excluding hydrogens is 387 g/mol. The summed E-state index contributed by atoms with van der Waals surface area (Å²) in [6, 6.07) is 12.4. The van der Waals surface area contributed by atoms with Crippen LogP contribution in [0.15, 0.2) is 42.5 Å². The Morgan fingerprint density at radius 1 is 1.07 bits per heavy atom. The summed E-state index contributed by atoms with van der Waals surface area (Å²) < 4.78 is 2.05. The number of carbonyl (C=O) groups excluding carboxylic acids is 2. The molecule has 0 aliphatic carbocycles. The average Bonchev–Trinajstić information content (AvgIpc) is 2.97. The van der Waals surface area contributed by atoms with Crippen molar-refractivity contribution in [1.82, 2.24) is 20.2 Å². The SMILES string of the molecule is Cc1nc2ccccc2n1CCNC(=O)CNC(=O)c1ccc(Cl)c(Cl)c1. The van der Waals surface area contributed by atoms with E-state index in [4.69, 9.17) is 23.2 Å². The van der Waals surface area contributed by atoms with Gasteiger partial charge in [-0.3, -0.25) is 9.59 Å². The van der Waals surface area contributed by atoms with Gasteiger partial charge < -0.3 is 15.2 Å². The maximum Gasteiger partial charge on any atom is 0.251 e. The van der Waals surface area contributed by atoms with Crippen molar-refractivity contribution in [2.45, 2.75) is 13.5 Å². The highest BCUT2D eigenvalue weighted by molar-refractivity contribution is 6.42. The Hall–Kier alpha value is -2.57. The first kappa shape index (κ1) is 19.2. The molecule has 140 valence electrons. The highest BCUT2D eigenvalue weighted by atomic mass is 35.5. The van der Waals surface area contributed by atoms with E-state index in [0.717, 1.165) is 16.9 Å². The molecule has 2 N–H and O–H groups in total. The van der Waals surface area contributed by atoms with Crippen LogP contribution in [0.4, 0.5) is 0 Å². The zero-order valence-corrected chi connectivity index (χ0v) is 16.1. The number of para-hydroxylation sites is 2. The van der Waals surface area contributed by atoms with E-state index in [1.54, 1.807) is 6.07 Å². The first-order valence-corrected chi connectivity index (χ1v) is 9.13. The van der Waals surface area contributed by atoms with Crippen LogP contribution in [0.1, 0.15) is 16.2 Å². The largest absolute Gasteiger partial charge is 0.353 e. The van der Waals surface area contributed by atoms with Gasteiger partial charge in [-0.1, -0.05) is 35.3 Å². The zero-order valence-electron chi connectivity index (χ0n) is 14.6. The highest BCUT2D eigenvalue weighted by Gasteiger charge is 2.10. The normalized spacial score (nSPS) is 10.8. The molecule has 2 aromatic carbocycles. The van der Waals surface area contributed by atoms with Gasteiger partial charge in [0, 0.05) is 18.7 Å². The Morgan fingerprint density at radius 2 is 1.85 bits per heavy atom. The molecule has 2 amide bonds. The van der Waals surface area contributed by atoms with Crippen molar-refractivity contribution >= 4 is 46.0 Å². The van der Waals surface area contributed by atoms with Crippen molar-refractivity contribution in [3.05, 3.63) is 63.9 Å². The summed E-state index contributed by atoms with van der Waals surface area (Å²) in [4.78, 5) is 28.5. The summed E-state index contributed by atoms with van der Waals surface area (Å²) in [6.45, 7) is 2.84. The minimum Gasteiger partial charge on any atom is -0.353 e. The maximum absolute atomic E-state index is 12.1. The number of hydrogen-bond donors (Lipinski definition) is 2. The first-order valence-electron chi connectivity index (χ1n) is 8.37. The minimum absolute atomic E-state index is 0.122. The number of fused-ring (bicyclic) bond motifs is 1. The Bertz CT molecular complexity index is 1000. The van der Waals surface area contributed by atoms with Crippen molar-refractivity contribution in [3.8, 4) is 0 Å². The van der Waals surface area contributed by atoms with Crippen molar-refractivity contribution < 1.29 is 9.59 Å². The Labute approximate surface area is 166 Å². The van der Waals surface area contributed by atoms with E-state index in [-0.39, 0.29) is 23.4 Å². The van der Waals surface area contributed by atoms with Gasteiger partial charge in [-0.15, -0.1) is 0 Å². The molecule has 0 atom stereocenters. The third kappa shape index (κ3) is 4.59. The summed E-state index contributed by atoms with van der Waals surface area (Å²) >= 11 is 11.7. The van der Waals surface area contributed by atoms with Gasteiger partial charge in [-0.05, 0) is 37.3 Å². The van der Waals surface area contributed by atoms with E-state index >= 15 is 0 Å². The molecule has 3 rings (SSSR count). The summed E-state index contributed by atoms with van der Waals surface area (Å²) in [7, 11) is 0. The second kappa shape index (κ2) is 8.41. The van der Waals surface area contributed by atoms with Crippen LogP contribution in [0, 0.1) is 6.92 Å². The second-order valence-corrected chi connectivity index (χ2v) is 6.78. The van der Waals surface area contributed by atoms with Gasteiger partial charge in [0.25, 0.3) is 5.91 Å². The van der Waals surface area contributed by atoms with Gasteiger partial charge in [-0.25, -0.2) is 4.98 Å². The minimum atomic E-state index is -0.389. The van der Waals surface area contributed by atoms with Crippen molar-refractivity contribution in [1.29, 1.82) is 0 Å². The fraction of sp³-hybridized carbons (Fsp3) is 0.211. The average molecular weight is 405 g/mol. The topological polar surface area (TPSA) is 76.0 Å². The summed E-state index contributed by atoms with van der Waals surface area (Å²) in [5, 5.41) is 6.01. The fourth-order valence-electron chi connectivity index (χ4n) is 2.75. The smallest absolute Gasteiger partial charge is 0.251 e.